The van der Waals surface area contributed by atoms with Crippen LogP contribution in [0.15, 0.2) is 11.6 Å². The molecular weight excluding hydrogens is 304 g/mol. The predicted octanol–water partition coefficient (Wildman–Crippen LogP) is 2.25. The molecule has 0 heterocycles. The quantitative estimate of drug-likeness (QED) is 0.582. The van der Waals surface area contributed by atoms with E-state index in [0.29, 0.717) is 12.3 Å². The summed E-state index contributed by atoms with van der Waals surface area (Å²) < 4.78 is 0. The SMILES string of the molecule is CC1(C)C(O)CC[C@@]2(C)[C@@H]3CC[C@](C)(C(O)CO)C=C3C(O)C[C@@H]12. The van der Waals surface area contributed by atoms with Crippen molar-refractivity contribution in [3.8, 4) is 0 Å². The van der Waals surface area contributed by atoms with Gasteiger partial charge < -0.3 is 20.4 Å². The lowest BCUT2D eigenvalue weighted by Gasteiger charge is -2.62. The largest absolute Gasteiger partial charge is 0.394 e. The van der Waals surface area contributed by atoms with Gasteiger partial charge in [-0.3, -0.25) is 0 Å². The fourth-order valence-electron chi connectivity index (χ4n) is 6.11. The van der Waals surface area contributed by atoms with Gasteiger partial charge in [-0.25, -0.2) is 0 Å². The van der Waals surface area contributed by atoms with Crippen LogP contribution in [0.2, 0.25) is 0 Å². The van der Waals surface area contributed by atoms with Crippen LogP contribution in [0.3, 0.4) is 0 Å². The highest BCUT2D eigenvalue weighted by Crippen LogP contribution is 2.63. The third-order valence-corrected chi connectivity index (χ3v) is 7.95. The van der Waals surface area contributed by atoms with Crippen LogP contribution in [-0.4, -0.2) is 45.3 Å². The summed E-state index contributed by atoms with van der Waals surface area (Å²) in [5.74, 6) is 0.593. The van der Waals surface area contributed by atoms with E-state index in [0.717, 1.165) is 31.3 Å². The number of hydrogen-bond donors (Lipinski definition) is 4. The fourth-order valence-corrected chi connectivity index (χ4v) is 6.11. The molecule has 2 fully saturated rings. The molecule has 3 aliphatic carbocycles. The van der Waals surface area contributed by atoms with E-state index in [1.165, 1.54) is 0 Å². The number of aliphatic hydroxyl groups is 4. The number of fused-ring (bicyclic) bond motifs is 3. The topological polar surface area (TPSA) is 80.9 Å². The second kappa shape index (κ2) is 5.80. The minimum Gasteiger partial charge on any atom is -0.394 e. The van der Waals surface area contributed by atoms with Gasteiger partial charge in [0.05, 0.1) is 24.9 Å². The fraction of sp³-hybridized carbons (Fsp3) is 0.900. The van der Waals surface area contributed by atoms with Gasteiger partial charge in [-0.1, -0.05) is 33.8 Å². The van der Waals surface area contributed by atoms with Crippen LogP contribution in [0.25, 0.3) is 0 Å². The second-order valence-corrected chi connectivity index (χ2v) is 9.63. The van der Waals surface area contributed by atoms with Gasteiger partial charge in [0.15, 0.2) is 0 Å². The molecule has 3 aliphatic rings. The zero-order chi connectivity index (χ0) is 17.9. The predicted molar refractivity (Wildman–Crippen MR) is 93.2 cm³/mol. The molecule has 138 valence electrons. The number of aliphatic hydroxyl groups excluding tert-OH is 4. The van der Waals surface area contributed by atoms with Gasteiger partial charge >= 0.3 is 0 Å². The van der Waals surface area contributed by atoms with Crippen molar-refractivity contribution in [2.45, 2.75) is 78.1 Å². The Labute approximate surface area is 145 Å². The van der Waals surface area contributed by atoms with Crippen molar-refractivity contribution in [1.29, 1.82) is 0 Å². The maximum Gasteiger partial charge on any atom is 0.0858 e. The van der Waals surface area contributed by atoms with E-state index in [2.05, 4.69) is 26.8 Å². The van der Waals surface area contributed by atoms with E-state index in [1.54, 1.807) is 0 Å². The van der Waals surface area contributed by atoms with Crippen molar-refractivity contribution < 1.29 is 20.4 Å². The van der Waals surface area contributed by atoms with Gasteiger partial charge in [-0.2, -0.15) is 0 Å². The van der Waals surface area contributed by atoms with E-state index in [9.17, 15) is 20.4 Å². The lowest BCUT2D eigenvalue weighted by atomic mass is 9.44. The molecule has 0 aliphatic heterocycles. The van der Waals surface area contributed by atoms with Crippen LogP contribution in [0, 0.1) is 28.1 Å². The Morgan fingerprint density at radius 3 is 2.42 bits per heavy atom. The van der Waals surface area contributed by atoms with Crippen molar-refractivity contribution in [1.82, 2.24) is 0 Å². The van der Waals surface area contributed by atoms with E-state index < -0.39 is 17.6 Å². The van der Waals surface area contributed by atoms with Crippen LogP contribution >= 0.6 is 0 Å². The van der Waals surface area contributed by atoms with E-state index in [4.69, 9.17) is 0 Å². The van der Waals surface area contributed by atoms with Crippen LogP contribution in [0.4, 0.5) is 0 Å². The van der Waals surface area contributed by atoms with Gasteiger partial charge in [0.1, 0.15) is 0 Å². The molecule has 4 nitrogen and oxygen atoms in total. The molecule has 4 heteroatoms. The van der Waals surface area contributed by atoms with Crippen LogP contribution in [0.1, 0.15) is 59.8 Å². The molecule has 0 radical (unpaired) electrons. The molecule has 3 unspecified atom stereocenters. The first-order valence-electron chi connectivity index (χ1n) is 9.44. The van der Waals surface area contributed by atoms with Gasteiger partial charge in [0, 0.05) is 5.41 Å². The summed E-state index contributed by atoms with van der Waals surface area (Å²) >= 11 is 0. The molecule has 0 spiro atoms. The molecule has 0 saturated heterocycles. The minimum absolute atomic E-state index is 0.0826. The molecule has 0 aromatic carbocycles. The Kier molecular flexibility index (Phi) is 4.44. The smallest absolute Gasteiger partial charge is 0.0858 e. The highest BCUT2D eigenvalue weighted by molar-refractivity contribution is 5.28. The van der Waals surface area contributed by atoms with Crippen molar-refractivity contribution in [3.63, 3.8) is 0 Å². The monoisotopic (exact) mass is 338 g/mol. The van der Waals surface area contributed by atoms with Crippen LogP contribution < -0.4 is 0 Å². The van der Waals surface area contributed by atoms with Crippen molar-refractivity contribution >= 4 is 0 Å². The summed E-state index contributed by atoms with van der Waals surface area (Å²) in [7, 11) is 0. The Balaban J connectivity index is 2.00. The summed E-state index contributed by atoms with van der Waals surface area (Å²) in [4.78, 5) is 0. The molecule has 0 bridgehead atoms. The standard InChI is InChI=1S/C20H34O4/c1-18(2)15-9-14(22)12-10-19(3,17(24)11-21)7-5-13(12)20(15,4)8-6-16(18)23/h10,13-17,21-24H,5-9,11H2,1-4H3/t13-,14?,15+,16?,17?,19+,20+/m1/s1. The highest BCUT2D eigenvalue weighted by atomic mass is 16.3. The maximum absolute atomic E-state index is 10.9. The zero-order valence-electron chi connectivity index (χ0n) is 15.5. The first-order chi connectivity index (χ1) is 11.1. The third kappa shape index (κ3) is 2.49. The lowest BCUT2D eigenvalue weighted by molar-refractivity contribution is -0.145. The lowest BCUT2D eigenvalue weighted by Crippen LogP contribution is -2.58. The molecule has 0 aromatic rings. The highest BCUT2D eigenvalue weighted by Gasteiger charge is 2.59. The molecule has 7 atom stereocenters. The summed E-state index contributed by atoms with van der Waals surface area (Å²) in [5.41, 5.74) is 0.487. The average molecular weight is 338 g/mol. The van der Waals surface area contributed by atoms with Crippen molar-refractivity contribution in [2.24, 2.45) is 28.1 Å². The van der Waals surface area contributed by atoms with E-state index >= 15 is 0 Å². The molecule has 24 heavy (non-hydrogen) atoms. The minimum atomic E-state index is -0.784. The van der Waals surface area contributed by atoms with Crippen LogP contribution in [0.5, 0.6) is 0 Å². The van der Waals surface area contributed by atoms with Gasteiger partial charge in [0.25, 0.3) is 0 Å². The van der Waals surface area contributed by atoms with E-state index in [-0.39, 0.29) is 29.5 Å². The van der Waals surface area contributed by atoms with E-state index in [1.807, 2.05) is 6.92 Å². The maximum atomic E-state index is 10.9. The van der Waals surface area contributed by atoms with Crippen molar-refractivity contribution in [2.75, 3.05) is 6.61 Å². The molecule has 0 aromatic heterocycles. The Morgan fingerprint density at radius 2 is 1.79 bits per heavy atom. The summed E-state index contributed by atoms with van der Waals surface area (Å²) in [6.45, 7) is 8.35. The third-order valence-electron chi connectivity index (χ3n) is 7.95. The number of hydrogen-bond acceptors (Lipinski definition) is 4. The molecular formula is C20H34O4. The van der Waals surface area contributed by atoms with Crippen LogP contribution in [-0.2, 0) is 0 Å². The van der Waals surface area contributed by atoms with Gasteiger partial charge in [-0.05, 0) is 60.3 Å². The summed E-state index contributed by atoms with van der Waals surface area (Å²) in [5, 5.41) is 41.0. The zero-order valence-corrected chi connectivity index (χ0v) is 15.5. The first kappa shape index (κ1) is 18.4. The normalized spacial score (nSPS) is 48.9. The van der Waals surface area contributed by atoms with Gasteiger partial charge in [0.2, 0.25) is 0 Å². The Morgan fingerprint density at radius 1 is 1.12 bits per heavy atom. The Hall–Kier alpha value is -0.420. The summed E-state index contributed by atoms with van der Waals surface area (Å²) in [6.07, 6.45) is 4.68. The first-order valence-corrected chi connectivity index (χ1v) is 9.44. The van der Waals surface area contributed by atoms with Crippen molar-refractivity contribution in [3.05, 3.63) is 11.6 Å². The molecule has 0 amide bonds. The molecule has 4 N–H and O–H groups in total. The Bertz CT molecular complexity index is 528. The second-order valence-electron chi connectivity index (χ2n) is 9.63. The molecule has 3 rings (SSSR count). The average Bonchev–Trinajstić information content (AvgIpc) is 2.53. The number of rotatable bonds is 2. The van der Waals surface area contributed by atoms with Gasteiger partial charge in [-0.15, -0.1) is 0 Å². The summed E-state index contributed by atoms with van der Waals surface area (Å²) in [6, 6.07) is 0. The molecule has 2 saturated carbocycles.